The van der Waals surface area contributed by atoms with E-state index in [9.17, 15) is 19.1 Å². The molecule has 4 rings (SSSR count). The molecule has 2 aliphatic rings. The van der Waals surface area contributed by atoms with Crippen LogP contribution in [0.1, 0.15) is 48.0 Å². The molecule has 1 atom stereocenters. The number of H-pyrrole nitrogens is 1. The average molecular weight is 375 g/mol. The van der Waals surface area contributed by atoms with Gasteiger partial charge in [-0.2, -0.15) is 0 Å². The minimum absolute atomic E-state index is 0.156. The predicted molar refractivity (Wildman–Crippen MR) is 97.4 cm³/mol. The van der Waals surface area contributed by atoms with Crippen molar-refractivity contribution in [1.29, 1.82) is 0 Å². The van der Waals surface area contributed by atoms with Crippen molar-refractivity contribution in [3.8, 4) is 0 Å². The Labute approximate surface area is 154 Å². The third-order valence-electron chi connectivity index (χ3n) is 5.41. The van der Waals surface area contributed by atoms with Gasteiger partial charge in [-0.3, -0.25) is 14.3 Å². The summed E-state index contributed by atoms with van der Waals surface area (Å²) in [7, 11) is 0. The number of anilines is 1. The number of nitrogens with zero attached hydrogens (tertiary/aromatic N) is 1. The Hall–Kier alpha value is -2.45. The minimum atomic E-state index is -0.455. The van der Waals surface area contributed by atoms with Crippen LogP contribution in [0.2, 0.25) is 0 Å². The molecule has 1 aromatic carbocycles. The number of fused-ring (bicyclic) bond motifs is 1. The molecule has 144 valence electrons. The average Bonchev–Trinajstić information content (AvgIpc) is 2.69. The zero-order valence-corrected chi connectivity index (χ0v) is 14.8. The zero-order valence-electron chi connectivity index (χ0n) is 14.8. The Morgan fingerprint density at radius 3 is 2.74 bits per heavy atom. The molecular weight excluding hydrogens is 353 g/mol. The van der Waals surface area contributed by atoms with Crippen LogP contribution in [-0.4, -0.2) is 27.9 Å². The van der Waals surface area contributed by atoms with Crippen LogP contribution in [0.25, 0.3) is 0 Å². The molecule has 3 N–H and O–H groups in total. The summed E-state index contributed by atoms with van der Waals surface area (Å²) in [4.78, 5) is 28.2. The van der Waals surface area contributed by atoms with Gasteiger partial charge in [0.15, 0.2) is 0 Å². The first kappa shape index (κ1) is 17.9. The van der Waals surface area contributed by atoms with Crippen molar-refractivity contribution < 1.29 is 14.2 Å². The van der Waals surface area contributed by atoms with Gasteiger partial charge in [0.1, 0.15) is 11.6 Å². The van der Waals surface area contributed by atoms with E-state index in [4.69, 9.17) is 4.74 Å². The van der Waals surface area contributed by atoms with Crippen LogP contribution in [0.3, 0.4) is 0 Å². The van der Waals surface area contributed by atoms with Crippen molar-refractivity contribution >= 4 is 5.82 Å². The Kier molecular flexibility index (Phi) is 4.84. The van der Waals surface area contributed by atoms with Crippen molar-refractivity contribution in [2.45, 2.75) is 44.4 Å². The maximum atomic E-state index is 14.3. The van der Waals surface area contributed by atoms with Gasteiger partial charge in [0.2, 0.25) is 0 Å². The summed E-state index contributed by atoms with van der Waals surface area (Å²) < 4.78 is 20.9. The van der Waals surface area contributed by atoms with Crippen molar-refractivity contribution in [3.63, 3.8) is 0 Å². The number of aliphatic hydroxyl groups is 1. The lowest BCUT2D eigenvalue weighted by Gasteiger charge is -2.29. The Balaban J connectivity index is 1.68. The molecule has 1 unspecified atom stereocenters. The fourth-order valence-corrected chi connectivity index (χ4v) is 3.94. The van der Waals surface area contributed by atoms with E-state index in [1.165, 1.54) is 16.7 Å². The molecule has 2 aliphatic heterocycles. The van der Waals surface area contributed by atoms with Gasteiger partial charge in [-0.15, -0.1) is 0 Å². The summed E-state index contributed by atoms with van der Waals surface area (Å²) in [5, 5.41) is 12.4. The van der Waals surface area contributed by atoms with Crippen molar-refractivity contribution in [2.24, 2.45) is 0 Å². The summed E-state index contributed by atoms with van der Waals surface area (Å²) in [5.41, 5.74) is 0.819. The van der Waals surface area contributed by atoms with Crippen LogP contribution in [0.15, 0.2) is 27.8 Å². The highest BCUT2D eigenvalue weighted by Gasteiger charge is 2.28. The van der Waals surface area contributed by atoms with E-state index in [0.29, 0.717) is 61.4 Å². The maximum absolute atomic E-state index is 14.3. The van der Waals surface area contributed by atoms with Gasteiger partial charge in [0.05, 0.1) is 18.2 Å². The van der Waals surface area contributed by atoms with Crippen molar-refractivity contribution in [3.05, 3.63) is 61.5 Å². The lowest BCUT2D eigenvalue weighted by atomic mass is 9.94. The van der Waals surface area contributed by atoms with Gasteiger partial charge in [-0.1, -0.05) is 6.07 Å². The summed E-state index contributed by atoms with van der Waals surface area (Å²) in [6, 6.07) is 3.93. The van der Waals surface area contributed by atoms with Crippen LogP contribution in [0.4, 0.5) is 10.2 Å². The van der Waals surface area contributed by atoms with E-state index in [-0.39, 0.29) is 30.1 Å². The molecule has 0 amide bonds. The molecule has 0 bridgehead atoms. The molecule has 1 saturated heterocycles. The van der Waals surface area contributed by atoms with Gasteiger partial charge in [-0.25, -0.2) is 9.18 Å². The topological polar surface area (TPSA) is 96.4 Å². The van der Waals surface area contributed by atoms with Gasteiger partial charge >= 0.3 is 5.69 Å². The molecule has 0 aliphatic carbocycles. The number of halogens is 1. The first-order valence-electron chi connectivity index (χ1n) is 9.19. The van der Waals surface area contributed by atoms with Gasteiger partial charge < -0.3 is 15.2 Å². The largest absolute Gasteiger partial charge is 0.392 e. The summed E-state index contributed by atoms with van der Waals surface area (Å²) >= 11 is 0. The standard InChI is InChI=1S/C19H22FN3O4/c20-15-3-1-11(10-24)9-14(15)16-4-2-13-17(21-16)22-19(26)23(18(13)25)12-5-7-27-8-6-12/h1,3,9,12,16,21,24H,2,4-8,10H2,(H,22,26). The first-order chi connectivity index (χ1) is 13.1. The van der Waals surface area contributed by atoms with E-state index < -0.39 is 5.69 Å². The summed E-state index contributed by atoms with van der Waals surface area (Å²) in [5.74, 6) is -0.0237. The third-order valence-corrected chi connectivity index (χ3v) is 5.41. The van der Waals surface area contributed by atoms with E-state index in [1.54, 1.807) is 6.07 Å². The van der Waals surface area contributed by atoms with Crippen molar-refractivity contribution in [1.82, 2.24) is 9.55 Å². The van der Waals surface area contributed by atoms with E-state index >= 15 is 0 Å². The molecule has 7 nitrogen and oxygen atoms in total. The number of aliphatic hydroxyl groups excluding tert-OH is 1. The molecule has 3 heterocycles. The number of nitrogens with one attached hydrogen (secondary N) is 2. The monoisotopic (exact) mass is 375 g/mol. The number of ether oxygens (including phenoxy) is 1. The van der Waals surface area contributed by atoms with Crippen LogP contribution in [0, 0.1) is 5.82 Å². The lowest BCUT2D eigenvalue weighted by Crippen LogP contribution is -2.43. The van der Waals surface area contributed by atoms with E-state index in [1.807, 2.05) is 0 Å². The molecule has 0 radical (unpaired) electrons. The molecular formula is C19H22FN3O4. The smallest absolute Gasteiger partial charge is 0.330 e. The number of hydrogen-bond donors (Lipinski definition) is 3. The second-order valence-electron chi connectivity index (χ2n) is 7.05. The molecule has 8 heteroatoms. The summed E-state index contributed by atoms with van der Waals surface area (Å²) in [6.07, 6.45) is 2.23. The second kappa shape index (κ2) is 7.28. The Bertz CT molecular complexity index is 962. The molecule has 27 heavy (non-hydrogen) atoms. The molecule has 0 spiro atoms. The number of hydrogen-bond acceptors (Lipinski definition) is 5. The van der Waals surface area contributed by atoms with Gasteiger partial charge in [-0.05, 0) is 43.4 Å². The number of aromatic nitrogens is 2. The number of rotatable bonds is 3. The van der Waals surface area contributed by atoms with E-state index in [2.05, 4.69) is 10.3 Å². The molecule has 2 aromatic rings. The Morgan fingerprint density at radius 2 is 2.00 bits per heavy atom. The third kappa shape index (κ3) is 3.30. The van der Waals surface area contributed by atoms with Crippen LogP contribution >= 0.6 is 0 Å². The number of aromatic amines is 1. The highest BCUT2D eigenvalue weighted by molar-refractivity contribution is 5.48. The molecule has 1 fully saturated rings. The quantitative estimate of drug-likeness (QED) is 0.758. The highest BCUT2D eigenvalue weighted by Crippen LogP contribution is 2.31. The van der Waals surface area contributed by atoms with Crippen molar-refractivity contribution in [2.75, 3.05) is 18.5 Å². The number of benzene rings is 1. The van der Waals surface area contributed by atoms with Crippen LogP contribution in [-0.2, 0) is 17.8 Å². The van der Waals surface area contributed by atoms with Gasteiger partial charge in [0, 0.05) is 24.8 Å². The normalized spacial score (nSPS) is 20.1. The van der Waals surface area contributed by atoms with Crippen LogP contribution in [0.5, 0.6) is 0 Å². The van der Waals surface area contributed by atoms with Crippen LogP contribution < -0.4 is 16.6 Å². The fraction of sp³-hybridized carbons (Fsp3) is 0.474. The predicted octanol–water partition coefficient (Wildman–Crippen LogP) is 1.62. The summed E-state index contributed by atoms with van der Waals surface area (Å²) in [6.45, 7) is 0.895. The van der Waals surface area contributed by atoms with E-state index in [0.717, 1.165) is 0 Å². The highest BCUT2D eigenvalue weighted by atomic mass is 19.1. The SMILES string of the molecule is O=c1[nH]c2c(c(=O)n1C1CCOCC1)CCC(c1cc(CO)ccc1F)N2. The second-order valence-corrected chi connectivity index (χ2v) is 7.05. The fourth-order valence-electron chi connectivity index (χ4n) is 3.94. The Morgan fingerprint density at radius 1 is 1.22 bits per heavy atom. The maximum Gasteiger partial charge on any atom is 0.330 e. The molecule has 1 aromatic heterocycles. The molecule has 0 saturated carbocycles. The first-order valence-corrected chi connectivity index (χ1v) is 9.19. The lowest BCUT2D eigenvalue weighted by molar-refractivity contribution is 0.0673. The zero-order chi connectivity index (χ0) is 19.0. The minimum Gasteiger partial charge on any atom is -0.392 e. The van der Waals surface area contributed by atoms with Gasteiger partial charge in [0.25, 0.3) is 5.56 Å².